The van der Waals surface area contributed by atoms with Crippen LogP contribution in [0.2, 0.25) is 0 Å². The zero-order valence-corrected chi connectivity index (χ0v) is 12.2. The number of aryl methyl sites for hydroxylation is 2. The van der Waals surface area contributed by atoms with Gasteiger partial charge in [0.1, 0.15) is 5.82 Å². The second-order valence-electron chi connectivity index (χ2n) is 4.91. The summed E-state index contributed by atoms with van der Waals surface area (Å²) in [6.07, 6.45) is 6.48. The molecule has 0 radical (unpaired) electrons. The van der Waals surface area contributed by atoms with Crippen LogP contribution < -0.4 is 0 Å². The second-order valence-corrected chi connectivity index (χ2v) is 4.91. The van der Waals surface area contributed by atoms with Crippen molar-refractivity contribution in [3.8, 4) is 0 Å². The lowest BCUT2D eigenvalue weighted by Crippen LogP contribution is -2.33. The molecule has 0 spiro atoms. The number of aromatic nitrogens is 4. The van der Waals surface area contributed by atoms with Crippen molar-refractivity contribution in [3.63, 3.8) is 0 Å². The average molecular weight is 291 g/mol. The first kappa shape index (κ1) is 15.2. The number of aliphatic hydroxyl groups is 1. The maximum atomic E-state index is 12.2. The molecule has 0 aliphatic carbocycles. The first-order valence-electron chi connectivity index (χ1n) is 7.05. The van der Waals surface area contributed by atoms with Crippen LogP contribution in [0.15, 0.2) is 24.7 Å². The lowest BCUT2D eigenvalue weighted by molar-refractivity contribution is -0.132. The van der Waals surface area contributed by atoms with Gasteiger partial charge in [-0.15, -0.1) is 0 Å². The van der Waals surface area contributed by atoms with Gasteiger partial charge in [-0.1, -0.05) is 0 Å². The van der Waals surface area contributed by atoms with E-state index in [9.17, 15) is 4.79 Å². The number of imidazole rings is 1. The second kappa shape index (κ2) is 7.58. The third-order valence-electron chi connectivity index (χ3n) is 3.18. The van der Waals surface area contributed by atoms with Crippen LogP contribution in [0.5, 0.6) is 0 Å². The Morgan fingerprint density at radius 3 is 3.00 bits per heavy atom. The number of rotatable bonds is 8. The molecule has 0 saturated heterocycles. The molecule has 7 heteroatoms. The SMILES string of the molecule is Cc1ncc(CN(CCO)C(=O)CCCn2cccn2)[nH]1. The van der Waals surface area contributed by atoms with Crippen molar-refractivity contribution in [2.75, 3.05) is 13.2 Å². The molecule has 1 amide bonds. The van der Waals surface area contributed by atoms with Crippen molar-refractivity contribution >= 4 is 5.91 Å². The zero-order chi connectivity index (χ0) is 15.1. The molecule has 2 N–H and O–H groups in total. The van der Waals surface area contributed by atoms with Gasteiger partial charge in [-0.05, 0) is 19.4 Å². The van der Waals surface area contributed by atoms with Crippen molar-refractivity contribution in [1.29, 1.82) is 0 Å². The minimum Gasteiger partial charge on any atom is -0.395 e. The predicted octanol–water partition coefficient (Wildman–Crippen LogP) is 0.716. The van der Waals surface area contributed by atoms with Crippen molar-refractivity contribution in [1.82, 2.24) is 24.6 Å². The number of hydrogen-bond acceptors (Lipinski definition) is 4. The zero-order valence-electron chi connectivity index (χ0n) is 12.2. The Kier molecular flexibility index (Phi) is 5.51. The molecular formula is C14H21N5O2. The lowest BCUT2D eigenvalue weighted by Gasteiger charge is -2.21. The van der Waals surface area contributed by atoms with E-state index in [0.717, 1.165) is 24.5 Å². The summed E-state index contributed by atoms with van der Waals surface area (Å²) >= 11 is 0. The number of carbonyl (C=O) groups excluding carboxylic acids is 1. The van der Waals surface area contributed by atoms with Gasteiger partial charge in [0, 0.05) is 31.9 Å². The first-order chi connectivity index (χ1) is 10.2. The highest BCUT2D eigenvalue weighted by atomic mass is 16.3. The number of nitrogens with zero attached hydrogens (tertiary/aromatic N) is 4. The Labute approximate surface area is 123 Å². The molecule has 2 rings (SSSR count). The van der Waals surface area contributed by atoms with E-state index < -0.39 is 0 Å². The monoisotopic (exact) mass is 291 g/mol. The third kappa shape index (κ3) is 4.71. The molecular weight excluding hydrogens is 270 g/mol. The van der Waals surface area contributed by atoms with Crippen LogP contribution in [-0.2, 0) is 17.9 Å². The summed E-state index contributed by atoms with van der Waals surface area (Å²) < 4.78 is 1.81. The van der Waals surface area contributed by atoms with Crippen LogP contribution in [0.1, 0.15) is 24.4 Å². The number of amides is 1. The largest absolute Gasteiger partial charge is 0.395 e. The van der Waals surface area contributed by atoms with E-state index in [4.69, 9.17) is 5.11 Å². The Hall–Kier alpha value is -2.15. The normalized spacial score (nSPS) is 10.8. The Morgan fingerprint density at radius 2 is 2.38 bits per heavy atom. The number of aromatic amines is 1. The van der Waals surface area contributed by atoms with E-state index in [1.807, 2.05) is 23.9 Å². The van der Waals surface area contributed by atoms with Gasteiger partial charge in [0.05, 0.1) is 25.0 Å². The Balaban J connectivity index is 1.83. The fourth-order valence-electron chi connectivity index (χ4n) is 2.15. The topological polar surface area (TPSA) is 87.0 Å². The third-order valence-corrected chi connectivity index (χ3v) is 3.18. The summed E-state index contributed by atoms with van der Waals surface area (Å²) in [6.45, 7) is 3.32. The Bertz CT molecular complexity index is 549. The summed E-state index contributed by atoms with van der Waals surface area (Å²) in [4.78, 5) is 21.1. The lowest BCUT2D eigenvalue weighted by atomic mass is 10.2. The van der Waals surface area contributed by atoms with Gasteiger partial charge in [0.15, 0.2) is 0 Å². The van der Waals surface area contributed by atoms with E-state index in [-0.39, 0.29) is 12.5 Å². The highest BCUT2D eigenvalue weighted by molar-refractivity contribution is 5.76. The highest BCUT2D eigenvalue weighted by Gasteiger charge is 2.14. The van der Waals surface area contributed by atoms with Crippen LogP contribution >= 0.6 is 0 Å². The molecule has 0 aromatic carbocycles. The molecule has 0 fully saturated rings. The van der Waals surface area contributed by atoms with Crippen molar-refractivity contribution in [2.45, 2.75) is 32.9 Å². The quantitative estimate of drug-likeness (QED) is 0.750. The highest BCUT2D eigenvalue weighted by Crippen LogP contribution is 2.06. The molecule has 0 unspecified atom stereocenters. The van der Waals surface area contributed by atoms with Crippen LogP contribution in [0, 0.1) is 6.92 Å². The molecule has 2 aromatic heterocycles. The molecule has 7 nitrogen and oxygen atoms in total. The van der Waals surface area contributed by atoms with Crippen LogP contribution in [0.25, 0.3) is 0 Å². The molecule has 2 aromatic rings. The fraction of sp³-hybridized carbons (Fsp3) is 0.500. The standard InChI is InChI=1S/C14H21N5O2/c1-12-15-10-13(17-12)11-18(8-9-20)14(21)4-2-6-19-7-3-5-16-19/h3,5,7,10,20H,2,4,6,8-9,11H2,1H3,(H,15,17). The molecule has 0 aliphatic heterocycles. The molecule has 0 bridgehead atoms. The van der Waals surface area contributed by atoms with Crippen molar-refractivity contribution < 1.29 is 9.90 Å². The van der Waals surface area contributed by atoms with Gasteiger partial charge in [-0.2, -0.15) is 5.10 Å². The van der Waals surface area contributed by atoms with E-state index in [1.54, 1.807) is 17.3 Å². The van der Waals surface area contributed by atoms with E-state index in [1.165, 1.54) is 0 Å². The minimum absolute atomic E-state index is 0.0310. The van der Waals surface area contributed by atoms with Crippen molar-refractivity contribution in [3.05, 3.63) is 36.2 Å². The van der Waals surface area contributed by atoms with E-state index >= 15 is 0 Å². The van der Waals surface area contributed by atoms with Gasteiger partial charge in [0.25, 0.3) is 0 Å². The summed E-state index contributed by atoms with van der Waals surface area (Å²) in [6, 6.07) is 1.86. The minimum atomic E-state index is -0.0436. The maximum Gasteiger partial charge on any atom is 0.223 e. The van der Waals surface area contributed by atoms with Crippen LogP contribution in [-0.4, -0.2) is 48.8 Å². The first-order valence-corrected chi connectivity index (χ1v) is 7.05. The molecule has 2 heterocycles. The number of nitrogens with one attached hydrogen (secondary N) is 1. The van der Waals surface area contributed by atoms with Crippen LogP contribution in [0.4, 0.5) is 0 Å². The summed E-state index contributed by atoms with van der Waals surface area (Å²) in [7, 11) is 0. The number of hydrogen-bond donors (Lipinski definition) is 2. The van der Waals surface area contributed by atoms with Crippen LogP contribution in [0.3, 0.4) is 0 Å². The maximum absolute atomic E-state index is 12.2. The van der Waals surface area contributed by atoms with Crippen molar-refractivity contribution in [2.24, 2.45) is 0 Å². The number of carbonyl (C=O) groups is 1. The van der Waals surface area contributed by atoms with E-state index in [0.29, 0.717) is 19.5 Å². The summed E-state index contributed by atoms with van der Waals surface area (Å²) in [5, 5.41) is 13.2. The molecule has 0 aliphatic rings. The van der Waals surface area contributed by atoms with Gasteiger partial charge < -0.3 is 15.0 Å². The number of H-pyrrole nitrogens is 1. The van der Waals surface area contributed by atoms with E-state index in [2.05, 4.69) is 15.1 Å². The molecule has 0 atom stereocenters. The smallest absolute Gasteiger partial charge is 0.223 e. The number of aliphatic hydroxyl groups excluding tert-OH is 1. The molecule has 0 saturated carbocycles. The Morgan fingerprint density at radius 1 is 1.52 bits per heavy atom. The van der Waals surface area contributed by atoms with Gasteiger partial charge >= 0.3 is 0 Å². The predicted molar refractivity (Wildman–Crippen MR) is 77.3 cm³/mol. The average Bonchev–Trinajstić information content (AvgIpc) is 3.10. The summed E-state index contributed by atoms with van der Waals surface area (Å²) in [5.74, 6) is 0.850. The van der Waals surface area contributed by atoms with Gasteiger partial charge in [0.2, 0.25) is 5.91 Å². The molecule has 21 heavy (non-hydrogen) atoms. The summed E-state index contributed by atoms with van der Waals surface area (Å²) in [5.41, 5.74) is 0.876. The molecule has 114 valence electrons. The van der Waals surface area contributed by atoms with Gasteiger partial charge in [-0.25, -0.2) is 4.98 Å². The van der Waals surface area contributed by atoms with Gasteiger partial charge in [-0.3, -0.25) is 9.48 Å². The fourth-order valence-corrected chi connectivity index (χ4v) is 2.15.